The summed E-state index contributed by atoms with van der Waals surface area (Å²) in [5.74, 6) is 0. The fraction of sp³-hybridized carbons (Fsp3) is 0.143. The van der Waals surface area contributed by atoms with Gasteiger partial charge in [0, 0.05) is 24.0 Å². The fourth-order valence-electron chi connectivity index (χ4n) is 2.84. The van der Waals surface area contributed by atoms with Gasteiger partial charge in [-0.15, -0.1) is 18.2 Å². The largest absolute Gasteiger partial charge is 2.00 e. The predicted molar refractivity (Wildman–Crippen MR) is 96.9 cm³/mol. The van der Waals surface area contributed by atoms with Crippen LogP contribution in [0, 0.1) is 12.1 Å². The molecule has 0 saturated carbocycles. The van der Waals surface area contributed by atoms with E-state index in [2.05, 4.69) is 43.2 Å². The summed E-state index contributed by atoms with van der Waals surface area (Å²) in [6.07, 6.45) is 5.63. The number of rotatable bonds is 4. The minimum atomic E-state index is -0.216. The van der Waals surface area contributed by atoms with E-state index in [0.29, 0.717) is 0 Å². The molecule has 26 heavy (non-hydrogen) atoms. The second kappa shape index (κ2) is 7.43. The van der Waals surface area contributed by atoms with E-state index in [9.17, 15) is 0 Å². The van der Waals surface area contributed by atoms with Crippen LogP contribution in [-0.2, 0) is 26.5 Å². The SMILES string of the molecule is CC(C)(c1[c-]cccc1)c1ccn(-c2[c-]c(-n3cccn3)ccc2)n1.[Pt+2]. The maximum Gasteiger partial charge on any atom is 2.00 e. The first kappa shape index (κ1) is 18.3. The molecule has 0 N–H and O–H groups in total. The van der Waals surface area contributed by atoms with Crippen molar-refractivity contribution in [1.82, 2.24) is 19.6 Å². The van der Waals surface area contributed by atoms with Gasteiger partial charge < -0.3 is 0 Å². The van der Waals surface area contributed by atoms with E-state index in [1.54, 1.807) is 10.9 Å². The van der Waals surface area contributed by atoms with Gasteiger partial charge in [0.2, 0.25) is 0 Å². The summed E-state index contributed by atoms with van der Waals surface area (Å²) >= 11 is 0. The van der Waals surface area contributed by atoms with Crippen LogP contribution in [0.25, 0.3) is 11.4 Å². The van der Waals surface area contributed by atoms with Crippen molar-refractivity contribution >= 4 is 0 Å². The van der Waals surface area contributed by atoms with Gasteiger partial charge in [-0.3, -0.25) is 9.36 Å². The Morgan fingerprint density at radius 1 is 0.885 bits per heavy atom. The van der Waals surface area contributed by atoms with Crippen LogP contribution in [0.5, 0.6) is 0 Å². The van der Waals surface area contributed by atoms with Crippen LogP contribution in [0.2, 0.25) is 0 Å². The normalized spacial score (nSPS) is 11.2. The minimum Gasteiger partial charge on any atom is -0.266 e. The van der Waals surface area contributed by atoms with Crippen molar-refractivity contribution in [2.75, 3.05) is 0 Å². The average Bonchev–Trinajstić information content (AvgIpc) is 3.35. The summed E-state index contributed by atoms with van der Waals surface area (Å²) in [4.78, 5) is 0. The third-order valence-electron chi connectivity index (χ3n) is 4.37. The quantitative estimate of drug-likeness (QED) is 0.381. The summed E-state index contributed by atoms with van der Waals surface area (Å²) in [7, 11) is 0. The number of nitrogens with zero attached hydrogens (tertiary/aromatic N) is 4. The molecule has 4 rings (SSSR count). The molecule has 0 aliphatic carbocycles. The van der Waals surface area contributed by atoms with E-state index in [1.807, 2.05) is 59.5 Å². The summed E-state index contributed by atoms with van der Waals surface area (Å²) in [5, 5.41) is 9.04. The minimum absolute atomic E-state index is 0. The van der Waals surface area contributed by atoms with Crippen molar-refractivity contribution in [3.05, 3.63) is 96.6 Å². The van der Waals surface area contributed by atoms with Gasteiger partial charge in [0.05, 0.1) is 5.69 Å². The smallest absolute Gasteiger partial charge is 0.266 e. The van der Waals surface area contributed by atoms with Crippen LogP contribution < -0.4 is 0 Å². The van der Waals surface area contributed by atoms with Crippen LogP contribution in [0.4, 0.5) is 0 Å². The zero-order valence-electron chi connectivity index (χ0n) is 14.5. The molecule has 4 aromatic rings. The molecule has 0 radical (unpaired) electrons. The molecule has 2 aromatic carbocycles. The maximum absolute atomic E-state index is 4.79. The average molecular weight is 521 g/mol. The Balaban J connectivity index is 0.00000196. The predicted octanol–water partition coefficient (Wildman–Crippen LogP) is 3.98. The number of aromatic nitrogens is 4. The van der Waals surface area contributed by atoms with E-state index < -0.39 is 0 Å². The van der Waals surface area contributed by atoms with Crippen LogP contribution in [-0.4, -0.2) is 19.6 Å². The van der Waals surface area contributed by atoms with Gasteiger partial charge in [-0.2, -0.15) is 52.2 Å². The van der Waals surface area contributed by atoms with Crippen molar-refractivity contribution < 1.29 is 21.1 Å². The van der Waals surface area contributed by atoms with Gasteiger partial charge >= 0.3 is 21.1 Å². The van der Waals surface area contributed by atoms with Gasteiger partial charge in [0.1, 0.15) is 0 Å². The zero-order chi connectivity index (χ0) is 17.3. The molecule has 0 fully saturated rings. The molecule has 5 heteroatoms. The molecule has 0 aliphatic rings. The monoisotopic (exact) mass is 521 g/mol. The third kappa shape index (κ3) is 3.42. The van der Waals surface area contributed by atoms with E-state index >= 15 is 0 Å². The molecule has 2 heterocycles. The second-order valence-electron chi connectivity index (χ2n) is 6.42. The first-order chi connectivity index (χ1) is 12.1. The first-order valence-corrected chi connectivity index (χ1v) is 8.21. The van der Waals surface area contributed by atoms with E-state index in [4.69, 9.17) is 5.10 Å². The fourth-order valence-corrected chi connectivity index (χ4v) is 2.84. The van der Waals surface area contributed by atoms with E-state index in [-0.39, 0.29) is 26.5 Å². The van der Waals surface area contributed by atoms with Gasteiger partial charge in [-0.1, -0.05) is 13.8 Å². The molecule has 0 unspecified atom stereocenters. The summed E-state index contributed by atoms with van der Waals surface area (Å²) in [6.45, 7) is 4.32. The molecule has 0 saturated heterocycles. The Hall–Kier alpha value is -2.45. The van der Waals surface area contributed by atoms with Crippen molar-refractivity contribution in [1.29, 1.82) is 0 Å². The van der Waals surface area contributed by atoms with Crippen molar-refractivity contribution in [2.45, 2.75) is 19.3 Å². The molecule has 132 valence electrons. The Morgan fingerprint density at radius 2 is 1.69 bits per heavy atom. The number of benzene rings is 2. The Bertz CT molecular complexity index is 972. The van der Waals surface area contributed by atoms with Gasteiger partial charge in [0.15, 0.2) is 0 Å². The third-order valence-corrected chi connectivity index (χ3v) is 4.37. The molecule has 4 nitrogen and oxygen atoms in total. The molecule has 0 amide bonds. The summed E-state index contributed by atoms with van der Waals surface area (Å²) in [6, 6.07) is 24.6. The first-order valence-electron chi connectivity index (χ1n) is 8.21. The second-order valence-corrected chi connectivity index (χ2v) is 6.42. The molecule has 2 aromatic heterocycles. The van der Waals surface area contributed by atoms with Gasteiger partial charge in [-0.25, -0.2) is 0 Å². The Kier molecular flexibility index (Phi) is 5.24. The molecule has 0 spiro atoms. The van der Waals surface area contributed by atoms with Crippen LogP contribution in [0.3, 0.4) is 0 Å². The zero-order valence-corrected chi connectivity index (χ0v) is 16.8. The standard InChI is InChI=1S/C21H18N4.Pt/c1-21(2,17-8-4-3-5-9-17)20-12-15-25(23-20)19-11-6-10-18(16-19)24-14-7-13-22-24;/h3-8,10-15H,1-2H3;/q-2;+2. The van der Waals surface area contributed by atoms with Gasteiger partial charge in [0.25, 0.3) is 0 Å². The van der Waals surface area contributed by atoms with Crippen LogP contribution in [0.1, 0.15) is 25.1 Å². The molecular weight excluding hydrogens is 503 g/mol. The molecule has 0 aliphatic heterocycles. The van der Waals surface area contributed by atoms with E-state index in [1.165, 1.54) is 0 Å². The number of hydrogen-bond donors (Lipinski definition) is 0. The Labute approximate surface area is 167 Å². The molecule has 0 bridgehead atoms. The van der Waals surface area contributed by atoms with Crippen molar-refractivity contribution in [2.24, 2.45) is 0 Å². The molecule has 0 atom stereocenters. The van der Waals surface area contributed by atoms with Crippen LogP contribution in [0.15, 0.2) is 73.2 Å². The van der Waals surface area contributed by atoms with Gasteiger partial charge in [-0.05, 0) is 23.5 Å². The number of hydrogen-bond acceptors (Lipinski definition) is 2. The summed E-state index contributed by atoms with van der Waals surface area (Å²) in [5.41, 5.74) is 3.66. The van der Waals surface area contributed by atoms with Crippen molar-refractivity contribution in [3.63, 3.8) is 0 Å². The topological polar surface area (TPSA) is 35.6 Å². The maximum atomic E-state index is 4.79. The van der Waals surface area contributed by atoms with E-state index in [0.717, 1.165) is 22.6 Å². The Morgan fingerprint density at radius 3 is 2.38 bits per heavy atom. The molecular formula is C21H18N4Pt. The summed E-state index contributed by atoms with van der Waals surface area (Å²) < 4.78 is 3.64. The van der Waals surface area contributed by atoms with Crippen LogP contribution >= 0.6 is 0 Å². The van der Waals surface area contributed by atoms with Crippen molar-refractivity contribution in [3.8, 4) is 11.4 Å².